The maximum Gasteiger partial charge on any atom is 0.321 e. The maximum atomic E-state index is 14.1. The van der Waals surface area contributed by atoms with E-state index in [-0.39, 0.29) is 10.6 Å². The fourth-order valence-corrected chi connectivity index (χ4v) is 8.91. The first-order valence-corrected chi connectivity index (χ1v) is 17.6. The molecule has 2 aliphatic heterocycles. The van der Waals surface area contributed by atoms with Gasteiger partial charge >= 0.3 is 6.03 Å². The van der Waals surface area contributed by atoms with Crippen molar-refractivity contribution in [1.29, 1.82) is 0 Å². The van der Waals surface area contributed by atoms with Gasteiger partial charge in [0.25, 0.3) is 0 Å². The monoisotopic (exact) mass is 663 g/mol. The van der Waals surface area contributed by atoms with Gasteiger partial charge in [0.15, 0.2) is 16.1 Å². The molecule has 1 fully saturated rings. The van der Waals surface area contributed by atoms with Crippen molar-refractivity contribution >= 4 is 27.2 Å². The highest BCUT2D eigenvalue weighted by Gasteiger charge is 2.50. The summed E-state index contributed by atoms with van der Waals surface area (Å²) >= 11 is 0. The van der Waals surface area contributed by atoms with E-state index in [0.29, 0.717) is 29.7 Å². The number of aliphatic hydroxyl groups excluding tert-OH is 5. The van der Waals surface area contributed by atoms with Crippen LogP contribution >= 0.6 is 0 Å². The molecule has 256 valence electrons. The van der Waals surface area contributed by atoms with E-state index in [4.69, 9.17) is 4.74 Å². The molecule has 2 heterocycles. The molecule has 0 aromatic heterocycles. The Bertz CT molecular complexity index is 1440. The van der Waals surface area contributed by atoms with Gasteiger partial charge in [-0.25, -0.2) is 13.2 Å². The zero-order valence-electron chi connectivity index (χ0n) is 27.0. The number of nitrogens with zero attached hydrogens (tertiary/aromatic N) is 1. The molecular weight excluding hydrogens is 614 g/mol. The Morgan fingerprint density at radius 2 is 1.65 bits per heavy atom. The third-order valence-corrected chi connectivity index (χ3v) is 11.3. The lowest BCUT2D eigenvalue weighted by molar-refractivity contribution is -0.233. The molecule has 2 aromatic carbocycles. The number of carbonyl (C=O) groups excluding carboxylic acids is 1. The zero-order chi connectivity index (χ0) is 33.8. The van der Waals surface area contributed by atoms with Gasteiger partial charge in [-0.1, -0.05) is 51.7 Å². The predicted molar refractivity (Wildman–Crippen MR) is 175 cm³/mol. The lowest BCUT2D eigenvalue weighted by atomic mass is 9.68. The molecule has 46 heavy (non-hydrogen) atoms. The van der Waals surface area contributed by atoms with Crippen LogP contribution in [0, 0.1) is 5.41 Å². The van der Waals surface area contributed by atoms with Crippen molar-refractivity contribution in [3.63, 3.8) is 0 Å². The number of amides is 2. The number of hydrogen-bond donors (Lipinski definition) is 7. The molecule has 13 heteroatoms. The highest BCUT2D eigenvalue weighted by atomic mass is 32.2. The average molecular weight is 664 g/mol. The number of carbonyl (C=O) groups is 1. The predicted octanol–water partition coefficient (Wildman–Crippen LogP) is 2.32. The average Bonchev–Trinajstić information content (AvgIpc) is 3.09. The number of aliphatic hydroxyl groups is 5. The van der Waals surface area contributed by atoms with Crippen LogP contribution in [0.15, 0.2) is 47.4 Å². The molecule has 0 aliphatic carbocycles. The number of benzene rings is 2. The van der Waals surface area contributed by atoms with Crippen molar-refractivity contribution in [3.8, 4) is 0 Å². The minimum absolute atomic E-state index is 0.161. The van der Waals surface area contributed by atoms with Crippen LogP contribution in [0.4, 0.5) is 16.2 Å². The minimum Gasteiger partial charge on any atom is -0.394 e. The summed E-state index contributed by atoms with van der Waals surface area (Å²) in [5.41, 5.74) is 1.34. The third kappa shape index (κ3) is 7.51. The van der Waals surface area contributed by atoms with Crippen molar-refractivity contribution in [2.45, 2.75) is 99.9 Å². The molecular formula is C33H49N3O9S. The molecule has 0 saturated carbocycles. The molecule has 7 atom stereocenters. The minimum atomic E-state index is -3.78. The molecule has 12 nitrogen and oxygen atoms in total. The molecule has 1 saturated heterocycles. The summed E-state index contributed by atoms with van der Waals surface area (Å²) in [5.74, 6) is -0.887. The van der Waals surface area contributed by atoms with Crippen molar-refractivity contribution in [2.24, 2.45) is 5.41 Å². The zero-order valence-corrected chi connectivity index (χ0v) is 27.8. The van der Waals surface area contributed by atoms with E-state index in [9.17, 15) is 38.7 Å². The van der Waals surface area contributed by atoms with Gasteiger partial charge in [0.05, 0.1) is 23.4 Å². The molecule has 4 rings (SSSR count). The second-order valence-corrected chi connectivity index (χ2v) is 14.8. The number of anilines is 2. The van der Waals surface area contributed by atoms with Crippen molar-refractivity contribution in [1.82, 2.24) is 5.32 Å². The molecule has 0 bridgehead atoms. The Labute approximate surface area is 271 Å². The van der Waals surface area contributed by atoms with Gasteiger partial charge in [-0.2, -0.15) is 0 Å². The second-order valence-electron chi connectivity index (χ2n) is 12.8. The van der Waals surface area contributed by atoms with Crippen LogP contribution in [0.25, 0.3) is 0 Å². The number of sulfone groups is 1. The Hall–Kier alpha value is -2.78. The number of hydrogen-bond acceptors (Lipinski definition) is 10. The van der Waals surface area contributed by atoms with Crippen LogP contribution in [0.2, 0.25) is 0 Å². The summed E-state index contributed by atoms with van der Waals surface area (Å²) in [6.45, 7) is 3.46. The van der Waals surface area contributed by atoms with Gasteiger partial charge < -0.3 is 45.8 Å². The van der Waals surface area contributed by atoms with Crippen LogP contribution in [-0.4, -0.2) is 103 Å². The normalized spacial score (nSPS) is 28.5. The lowest BCUT2D eigenvalue weighted by Gasteiger charge is -2.40. The number of rotatable bonds is 11. The summed E-state index contributed by atoms with van der Waals surface area (Å²) in [5, 5.41) is 57.4. The van der Waals surface area contributed by atoms with Crippen LogP contribution in [-0.2, 0) is 14.6 Å². The first-order valence-electron chi connectivity index (χ1n) is 16.0. The van der Waals surface area contributed by atoms with Crippen molar-refractivity contribution in [3.05, 3.63) is 53.6 Å². The van der Waals surface area contributed by atoms with Crippen LogP contribution in [0.1, 0.15) is 69.4 Å². The number of unbranched alkanes of at least 4 members (excludes halogenated alkanes) is 2. The standard InChI is InChI=1S/C33H49N3O9S/c1-5-7-14-33(15-8-6-2)19-46(43,44)25-13-12-22(36(3)4)17-23(25)26(30(33)41)20-10-9-11-21(16-20)34-32(42)35-31-29(40)28(39)27(38)24(18-37)45-31/h9-13,16-17,24,26-31,37-41H,5-8,14-15,18-19H2,1-4H3,(H2,34,35,42)/t24-,26-,27-,28+,29-,30-,31-/m1/s1. The quantitative estimate of drug-likeness (QED) is 0.188. The van der Waals surface area contributed by atoms with Crippen molar-refractivity contribution < 1.29 is 43.5 Å². The molecule has 2 amide bonds. The fourth-order valence-electron chi connectivity index (χ4n) is 6.72. The first kappa shape index (κ1) is 36.1. The smallest absolute Gasteiger partial charge is 0.321 e. The lowest BCUT2D eigenvalue weighted by Crippen LogP contribution is -2.63. The Morgan fingerprint density at radius 3 is 2.26 bits per heavy atom. The second kappa shape index (κ2) is 15.0. The van der Waals surface area contributed by atoms with Gasteiger partial charge in [0.1, 0.15) is 24.4 Å². The summed E-state index contributed by atoms with van der Waals surface area (Å²) < 4.78 is 33.6. The number of nitrogens with one attached hydrogen (secondary N) is 2. The summed E-state index contributed by atoms with van der Waals surface area (Å²) in [4.78, 5) is 15.1. The summed E-state index contributed by atoms with van der Waals surface area (Å²) in [6, 6.07) is 11.3. The van der Waals surface area contributed by atoms with Crippen LogP contribution < -0.4 is 15.5 Å². The van der Waals surface area contributed by atoms with E-state index < -0.39 is 70.6 Å². The fraction of sp³-hybridized carbons (Fsp3) is 0.606. The van der Waals surface area contributed by atoms with Crippen LogP contribution in [0.3, 0.4) is 0 Å². The highest BCUT2D eigenvalue weighted by molar-refractivity contribution is 7.91. The number of ether oxygens (including phenoxy) is 1. The van der Waals surface area contributed by atoms with Gasteiger partial charge in [0, 0.05) is 36.8 Å². The first-order chi connectivity index (χ1) is 21.8. The van der Waals surface area contributed by atoms with E-state index in [2.05, 4.69) is 10.6 Å². The summed E-state index contributed by atoms with van der Waals surface area (Å²) in [7, 11) is -0.0515. The Morgan fingerprint density at radius 1 is 0.978 bits per heavy atom. The summed E-state index contributed by atoms with van der Waals surface area (Å²) in [6.07, 6.45) is -4.18. The van der Waals surface area contributed by atoms with Crippen LogP contribution in [0.5, 0.6) is 0 Å². The number of fused-ring (bicyclic) bond motifs is 1. The van der Waals surface area contributed by atoms with Gasteiger partial charge in [0.2, 0.25) is 0 Å². The highest BCUT2D eigenvalue weighted by Crippen LogP contribution is 2.50. The van der Waals surface area contributed by atoms with Gasteiger partial charge in [-0.3, -0.25) is 0 Å². The third-order valence-electron chi connectivity index (χ3n) is 9.33. The largest absolute Gasteiger partial charge is 0.394 e. The Kier molecular flexibility index (Phi) is 11.7. The molecule has 7 N–H and O–H groups in total. The van der Waals surface area contributed by atoms with Gasteiger partial charge in [-0.05, 0) is 54.3 Å². The topological polar surface area (TPSA) is 189 Å². The Balaban J connectivity index is 1.74. The van der Waals surface area contributed by atoms with E-state index in [0.717, 1.165) is 31.4 Å². The van der Waals surface area contributed by atoms with E-state index >= 15 is 0 Å². The SMILES string of the molecule is CCCCC1(CCCC)CS(=O)(=O)c2ccc(N(C)C)cc2[C@@H](c2cccc(NC(=O)N[C@@H]3O[C@H](CO)[C@@H](O)[C@H](O)[C@H]3O)c2)[C@H]1O. The molecule has 0 unspecified atom stereocenters. The molecule has 0 spiro atoms. The van der Waals surface area contributed by atoms with Gasteiger partial charge in [-0.15, -0.1) is 0 Å². The van der Waals surface area contributed by atoms with E-state index in [1.54, 1.807) is 30.3 Å². The van der Waals surface area contributed by atoms with Crippen molar-refractivity contribution in [2.75, 3.05) is 36.7 Å². The molecule has 0 radical (unpaired) electrons. The number of urea groups is 1. The van der Waals surface area contributed by atoms with E-state index in [1.165, 1.54) is 0 Å². The molecule has 2 aliphatic rings. The molecule has 2 aromatic rings. The maximum absolute atomic E-state index is 14.1. The van der Waals surface area contributed by atoms with E-state index in [1.807, 2.05) is 45.0 Å².